The van der Waals surface area contributed by atoms with Crippen molar-refractivity contribution in [3.8, 4) is 0 Å². The normalized spacial score (nSPS) is 22.4. The molecule has 1 aromatic heterocycles. The molecular weight excluding hydrogens is 264 g/mol. The van der Waals surface area contributed by atoms with Crippen LogP contribution in [0.2, 0.25) is 0 Å². The molecule has 21 heavy (non-hydrogen) atoms. The second-order valence-electron chi connectivity index (χ2n) is 5.98. The quantitative estimate of drug-likeness (QED) is 0.843. The Morgan fingerprint density at radius 3 is 2.81 bits per heavy atom. The van der Waals surface area contributed by atoms with E-state index in [-0.39, 0.29) is 6.10 Å². The third kappa shape index (κ3) is 4.30. The first-order chi connectivity index (χ1) is 10.1. The minimum absolute atomic E-state index is 0.268. The van der Waals surface area contributed by atoms with E-state index in [9.17, 15) is 5.11 Å². The summed E-state index contributed by atoms with van der Waals surface area (Å²) in [6, 6.07) is 2.01. The van der Waals surface area contributed by atoms with Gasteiger partial charge in [-0.1, -0.05) is 20.8 Å². The van der Waals surface area contributed by atoms with Gasteiger partial charge in [-0.3, -0.25) is 0 Å². The Labute approximate surface area is 127 Å². The van der Waals surface area contributed by atoms with Crippen molar-refractivity contribution < 1.29 is 5.11 Å². The molecule has 2 rings (SSSR count). The Balaban J connectivity index is 2.18. The van der Waals surface area contributed by atoms with Crippen LogP contribution >= 0.6 is 0 Å². The number of aryl methyl sites for hydroxylation is 1. The SMILES string of the molecule is CCCNc1cc(N2CCC(C)C(O)C2)nc(CCC)n1. The molecule has 1 aliphatic rings. The molecule has 5 nitrogen and oxygen atoms in total. The number of nitrogens with zero attached hydrogens (tertiary/aromatic N) is 3. The highest BCUT2D eigenvalue weighted by Crippen LogP contribution is 2.24. The van der Waals surface area contributed by atoms with Gasteiger partial charge >= 0.3 is 0 Å². The number of rotatable bonds is 6. The standard InChI is InChI=1S/C16H28N4O/c1-4-6-14-18-15(17-8-5-2)10-16(19-14)20-9-7-12(3)13(21)11-20/h10,12-13,21H,4-9,11H2,1-3H3,(H,17,18,19). The maximum atomic E-state index is 10.1. The van der Waals surface area contributed by atoms with E-state index in [4.69, 9.17) is 0 Å². The lowest BCUT2D eigenvalue weighted by atomic mass is 9.96. The van der Waals surface area contributed by atoms with E-state index < -0.39 is 0 Å². The number of hydrogen-bond donors (Lipinski definition) is 2. The highest BCUT2D eigenvalue weighted by Gasteiger charge is 2.25. The molecule has 0 saturated carbocycles. The summed E-state index contributed by atoms with van der Waals surface area (Å²) >= 11 is 0. The first-order valence-electron chi connectivity index (χ1n) is 8.18. The van der Waals surface area contributed by atoms with Crippen LogP contribution in [0.1, 0.15) is 45.9 Å². The van der Waals surface area contributed by atoms with Crippen molar-refractivity contribution in [2.45, 2.75) is 52.6 Å². The molecule has 5 heteroatoms. The molecule has 1 aliphatic heterocycles. The molecule has 2 atom stereocenters. The second kappa shape index (κ2) is 7.59. The van der Waals surface area contributed by atoms with Crippen molar-refractivity contribution in [2.75, 3.05) is 29.9 Å². The lowest BCUT2D eigenvalue weighted by Gasteiger charge is -2.35. The summed E-state index contributed by atoms with van der Waals surface area (Å²) in [5, 5.41) is 13.4. The Morgan fingerprint density at radius 1 is 1.33 bits per heavy atom. The van der Waals surface area contributed by atoms with Crippen molar-refractivity contribution in [2.24, 2.45) is 5.92 Å². The molecule has 2 N–H and O–H groups in total. The lowest BCUT2D eigenvalue weighted by Crippen LogP contribution is -2.43. The van der Waals surface area contributed by atoms with Crippen molar-refractivity contribution in [3.63, 3.8) is 0 Å². The van der Waals surface area contributed by atoms with Crippen LogP contribution in [0.3, 0.4) is 0 Å². The zero-order chi connectivity index (χ0) is 15.2. The van der Waals surface area contributed by atoms with Gasteiger partial charge in [-0.05, 0) is 25.2 Å². The highest BCUT2D eigenvalue weighted by molar-refractivity contribution is 5.50. The molecule has 0 radical (unpaired) electrons. The highest BCUT2D eigenvalue weighted by atomic mass is 16.3. The fourth-order valence-corrected chi connectivity index (χ4v) is 2.58. The molecule has 0 aromatic carbocycles. The van der Waals surface area contributed by atoms with Crippen LogP contribution < -0.4 is 10.2 Å². The largest absolute Gasteiger partial charge is 0.391 e. The summed E-state index contributed by atoms with van der Waals surface area (Å²) in [6.45, 7) is 8.93. The smallest absolute Gasteiger partial charge is 0.134 e. The van der Waals surface area contributed by atoms with E-state index in [1.54, 1.807) is 0 Å². The van der Waals surface area contributed by atoms with Crippen LogP contribution in [0.4, 0.5) is 11.6 Å². The Hall–Kier alpha value is -1.36. The summed E-state index contributed by atoms with van der Waals surface area (Å²) in [6.07, 6.45) is 3.74. The summed E-state index contributed by atoms with van der Waals surface area (Å²) in [4.78, 5) is 11.4. The van der Waals surface area contributed by atoms with Gasteiger partial charge in [0.15, 0.2) is 0 Å². The molecule has 0 aliphatic carbocycles. The Bertz CT molecular complexity index is 452. The van der Waals surface area contributed by atoms with Crippen LogP contribution in [0.25, 0.3) is 0 Å². The first kappa shape index (κ1) is 16.0. The minimum Gasteiger partial charge on any atom is -0.391 e. The fraction of sp³-hybridized carbons (Fsp3) is 0.750. The fourth-order valence-electron chi connectivity index (χ4n) is 2.58. The van der Waals surface area contributed by atoms with Gasteiger partial charge < -0.3 is 15.3 Å². The van der Waals surface area contributed by atoms with Crippen LogP contribution in [-0.2, 0) is 6.42 Å². The van der Waals surface area contributed by atoms with Crippen molar-refractivity contribution in [1.29, 1.82) is 0 Å². The number of piperidine rings is 1. The zero-order valence-corrected chi connectivity index (χ0v) is 13.5. The number of β-amino-alcohol motifs (C(OH)–C–C–N with tert-alkyl or cyclic N) is 1. The lowest BCUT2D eigenvalue weighted by molar-refractivity contribution is 0.102. The molecule has 0 bridgehead atoms. The number of aliphatic hydroxyl groups excluding tert-OH is 1. The van der Waals surface area contributed by atoms with Gasteiger partial charge in [0.2, 0.25) is 0 Å². The van der Waals surface area contributed by atoms with E-state index in [2.05, 4.69) is 41.0 Å². The van der Waals surface area contributed by atoms with E-state index in [1.807, 2.05) is 6.07 Å². The summed E-state index contributed by atoms with van der Waals surface area (Å²) in [5.41, 5.74) is 0. The third-order valence-corrected chi connectivity index (χ3v) is 4.03. The van der Waals surface area contributed by atoms with Gasteiger partial charge in [0.1, 0.15) is 17.5 Å². The van der Waals surface area contributed by atoms with Gasteiger partial charge in [-0.25, -0.2) is 9.97 Å². The summed E-state index contributed by atoms with van der Waals surface area (Å²) in [5.74, 6) is 3.11. The van der Waals surface area contributed by atoms with Crippen molar-refractivity contribution in [3.05, 3.63) is 11.9 Å². The van der Waals surface area contributed by atoms with Crippen LogP contribution in [-0.4, -0.2) is 40.8 Å². The maximum Gasteiger partial charge on any atom is 0.134 e. The molecule has 0 amide bonds. The molecular formula is C16H28N4O. The van der Waals surface area contributed by atoms with Gasteiger partial charge in [0.25, 0.3) is 0 Å². The van der Waals surface area contributed by atoms with Crippen molar-refractivity contribution >= 4 is 11.6 Å². The maximum absolute atomic E-state index is 10.1. The van der Waals surface area contributed by atoms with E-state index >= 15 is 0 Å². The number of hydrogen-bond acceptors (Lipinski definition) is 5. The minimum atomic E-state index is -0.268. The summed E-state index contributed by atoms with van der Waals surface area (Å²) < 4.78 is 0. The molecule has 1 saturated heterocycles. The predicted octanol–water partition coefficient (Wildman–Crippen LogP) is 2.46. The molecule has 118 valence electrons. The molecule has 2 heterocycles. The van der Waals surface area contributed by atoms with Gasteiger partial charge in [0, 0.05) is 32.1 Å². The molecule has 1 aromatic rings. The van der Waals surface area contributed by atoms with Gasteiger partial charge in [-0.15, -0.1) is 0 Å². The average molecular weight is 292 g/mol. The molecule has 1 fully saturated rings. The predicted molar refractivity (Wildman–Crippen MR) is 86.8 cm³/mol. The van der Waals surface area contributed by atoms with Crippen LogP contribution in [0.15, 0.2) is 6.07 Å². The number of nitrogens with one attached hydrogen (secondary N) is 1. The van der Waals surface area contributed by atoms with Crippen LogP contribution in [0, 0.1) is 5.92 Å². The molecule has 2 unspecified atom stereocenters. The Kier molecular flexibility index (Phi) is 5.79. The second-order valence-corrected chi connectivity index (χ2v) is 5.98. The van der Waals surface area contributed by atoms with E-state index in [0.29, 0.717) is 12.5 Å². The van der Waals surface area contributed by atoms with E-state index in [1.165, 1.54) is 0 Å². The van der Waals surface area contributed by atoms with E-state index in [0.717, 1.165) is 56.2 Å². The number of aliphatic hydroxyl groups is 1. The van der Waals surface area contributed by atoms with Crippen molar-refractivity contribution in [1.82, 2.24) is 9.97 Å². The third-order valence-electron chi connectivity index (χ3n) is 4.03. The Morgan fingerprint density at radius 2 is 2.14 bits per heavy atom. The topological polar surface area (TPSA) is 61.3 Å². The number of aromatic nitrogens is 2. The number of anilines is 2. The summed E-state index contributed by atoms with van der Waals surface area (Å²) in [7, 11) is 0. The monoisotopic (exact) mass is 292 g/mol. The first-order valence-corrected chi connectivity index (χ1v) is 8.18. The van der Waals surface area contributed by atoms with Crippen LogP contribution in [0.5, 0.6) is 0 Å². The average Bonchev–Trinajstić information content (AvgIpc) is 2.48. The van der Waals surface area contributed by atoms with Gasteiger partial charge in [-0.2, -0.15) is 0 Å². The molecule has 0 spiro atoms. The van der Waals surface area contributed by atoms with Gasteiger partial charge in [0.05, 0.1) is 6.10 Å². The zero-order valence-electron chi connectivity index (χ0n) is 13.5.